The molecule has 3 rings (SSSR count). The summed E-state index contributed by atoms with van der Waals surface area (Å²) >= 11 is 0. The molecule has 26 heavy (non-hydrogen) atoms. The molecular formula is C19H20N2O5. The van der Waals surface area contributed by atoms with E-state index in [0.29, 0.717) is 18.7 Å². The Labute approximate surface area is 150 Å². The highest BCUT2D eigenvalue weighted by molar-refractivity contribution is 6.09. The summed E-state index contributed by atoms with van der Waals surface area (Å²) in [6.07, 6.45) is 0.441. The van der Waals surface area contributed by atoms with Gasteiger partial charge in [-0.3, -0.25) is 9.59 Å². The van der Waals surface area contributed by atoms with Crippen molar-refractivity contribution in [1.29, 1.82) is 0 Å². The summed E-state index contributed by atoms with van der Waals surface area (Å²) in [6.45, 7) is 4.52. The first-order valence-electron chi connectivity index (χ1n) is 8.35. The average molecular weight is 356 g/mol. The molecule has 1 aromatic carbocycles. The lowest BCUT2D eigenvalue weighted by molar-refractivity contribution is -0.132. The number of hydrogen-bond acceptors (Lipinski definition) is 4. The molecule has 1 saturated heterocycles. The number of nitrogens with zero attached hydrogens (tertiary/aromatic N) is 1. The zero-order valence-corrected chi connectivity index (χ0v) is 14.6. The molecule has 1 fully saturated rings. The number of nitrogens with one attached hydrogen (secondary N) is 1. The van der Waals surface area contributed by atoms with E-state index in [0.717, 1.165) is 16.8 Å². The highest BCUT2D eigenvalue weighted by Gasteiger charge is 2.37. The normalized spacial score (nSPS) is 16.8. The molecule has 0 radical (unpaired) electrons. The third-order valence-corrected chi connectivity index (χ3v) is 4.63. The molecule has 136 valence electrons. The molecule has 1 unspecified atom stereocenters. The van der Waals surface area contributed by atoms with Crippen molar-refractivity contribution in [2.24, 2.45) is 5.92 Å². The highest BCUT2D eigenvalue weighted by atomic mass is 16.4. The number of benzene rings is 1. The molecule has 7 heteroatoms. The number of carboxylic acid groups (broad SMARTS) is 1. The second kappa shape index (κ2) is 7.03. The number of amides is 2. The van der Waals surface area contributed by atoms with E-state index in [1.54, 1.807) is 4.90 Å². The van der Waals surface area contributed by atoms with Crippen molar-refractivity contribution in [3.05, 3.63) is 53.0 Å². The van der Waals surface area contributed by atoms with Gasteiger partial charge < -0.3 is 19.7 Å². The van der Waals surface area contributed by atoms with Crippen LogP contribution in [-0.2, 0) is 16.1 Å². The molecular weight excluding hydrogens is 336 g/mol. The summed E-state index contributed by atoms with van der Waals surface area (Å²) in [5.41, 5.74) is 3.04. The third kappa shape index (κ3) is 3.46. The standard InChI is InChI=1S/C19H20N2O5/c1-11-3-4-13(9-12(11)2)21-8-7-15(18(21)23)17(22)20-10-14-5-6-16(26-14)19(24)25/h3-6,9,15H,7-8,10H2,1-2H3,(H,20,22)(H,24,25). The topological polar surface area (TPSA) is 99.8 Å². The third-order valence-electron chi connectivity index (χ3n) is 4.63. The van der Waals surface area contributed by atoms with Crippen LogP contribution in [0.4, 0.5) is 5.69 Å². The van der Waals surface area contributed by atoms with Crippen LogP contribution < -0.4 is 10.2 Å². The molecule has 1 aliphatic heterocycles. The van der Waals surface area contributed by atoms with Gasteiger partial charge in [-0.1, -0.05) is 6.07 Å². The van der Waals surface area contributed by atoms with Crippen molar-refractivity contribution < 1.29 is 23.9 Å². The van der Waals surface area contributed by atoms with E-state index in [-0.39, 0.29) is 24.1 Å². The van der Waals surface area contributed by atoms with Gasteiger partial charge in [0.25, 0.3) is 0 Å². The van der Waals surface area contributed by atoms with Crippen LogP contribution in [0.15, 0.2) is 34.7 Å². The van der Waals surface area contributed by atoms with Crippen LogP contribution in [-0.4, -0.2) is 29.4 Å². The fourth-order valence-electron chi connectivity index (χ4n) is 2.96. The lowest BCUT2D eigenvalue weighted by Gasteiger charge is -2.18. The highest BCUT2D eigenvalue weighted by Crippen LogP contribution is 2.27. The Balaban J connectivity index is 1.62. The number of rotatable bonds is 5. The van der Waals surface area contributed by atoms with Crippen molar-refractivity contribution in [3.63, 3.8) is 0 Å². The second-order valence-electron chi connectivity index (χ2n) is 6.39. The number of carbonyl (C=O) groups excluding carboxylic acids is 2. The van der Waals surface area contributed by atoms with Gasteiger partial charge in [0.1, 0.15) is 11.7 Å². The van der Waals surface area contributed by atoms with Crippen LogP contribution in [0.2, 0.25) is 0 Å². The first kappa shape index (κ1) is 17.7. The van der Waals surface area contributed by atoms with Gasteiger partial charge in [0, 0.05) is 12.2 Å². The molecule has 1 aromatic heterocycles. The van der Waals surface area contributed by atoms with E-state index < -0.39 is 11.9 Å². The first-order chi connectivity index (χ1) is 12.4. The molecule has 1 atom stereocenters. The number of anilines is 1. The van der Waals surface area contributed by atoms with Gasteiger partial charge in [-0.15, -0.1) is 0 Å². The van der Waals surface area contributed by atoms with Crippen molar-refractivity contribution in [1.82, 2.24) is 5.32 Å². The van der Waals surface area contributed by atoms with Gasteiger partial charge in [0.15, 0.2) is 0 Å². The average Bonchev–Trinajstić information content (AvgIpc) is 3.22. The van der Waals surface area contributed by atoms with E-state index >= 15 is 0 Å². The van der Waals surface area contributed by atoms with Crippen LogP contribution in [0.5, 0.6) is 0 Å². The zero-order valence-electron chi connectivity index (χ0n) is 14.6. The van der Waals surface area contributed by atoms with Gasteiger partial charge in [-0.25, -0.2) is 4.79 Å². The number of hydrogen-bond donors (Lipinski definition) is 2. The Bertz CT molecular complexity index is 871. The van der Waals surface area contributed by atoms with Gasteiger partial charge in [-0.05, 0) is 55.7 Å². The molecule has 0 bridgehead atoms. The number of carboxylic acids is 1. The van der Waals surface area contributed by atoms with Crippen LogP contribution >= 0.6 is 0 Å². The van der Waals surface area contributed by atoms with Crippen LogP contribution in [0.1, 0.15) is 33.9 Å². The molecule has 1 aliphatic rings. The van der Waals surface area contributed by atoms with Crippen LogP contribution in [0.25, 0.3) is 0 Å². The molecule has 2 heterocycles. The van der Waals surface area contributed by atoms with E-state index in [1.807, 2.05) is 32.0 Å². The number of aryl methyl sites for hydroxylation is 2. The summed E-state index contributed by atoms with van der Waals surface area (Å²) in [4.78, 5) is 37.4. The van der Waals surface area contributed by atoms with E-state index in [2.05, 4.69) is 5.32 Å². The van der Waals surface area contributed by atoms with Crippen LogP contribution in [0, 0.1) is 19.8 Å². The Morgan fingerprint density at radius 1 is 1.23 bits per heavy atom. The smallest absolute Gasteiger partial charge is 0.371 e. The Morgan fingerprint density at radius 3 is 2.65 bits per heavy atom. The minimum Gasteiger partial charge on any atom is -0.475 e. The maximum atomic E-state index is 12.6. The monoisotopic (exact) mass is 356 g/mol. The summed E-state index contributed by atoms with van der Waals surface area (Å²) in [5, 5.41) is 11.5. The summed E-state index contributed by atoms with van der Waals surface area (Å²) in [6, 6.07) is 8.61. The maximum Gasteiger partial charge on any atom is 0.371 e. The van der Waals surface area contributed by atoms with Gasteiger partial charge in [0.05, 0.1) is 6.54 Å². The van der Waals surface area contributed by atoms with Gasteiger partial charge >= 0.3 is 5.97 Å². The van der Waals surface area contributed by atoms with Crippen molar-refractivity contribution >= 4 is 23.5 Å². The van der Waals surface area contributed by atoms with E-state index in [9.17, 15) is 14.4 Å². The molecule has 0 saturated carbocycles. The number of furan rings is 1. The molecule has 0 aliphatic carbocycles. The molecule has 2 aromatic rings. The van der Waals surface area contributed by atoms with Gasteiger partial charge in [-0.2, -0.15) is 0 Å². The van der Waals surface area contributed by atoms with Crippen LogP contribution in [0.3, 0.4) is 0 Å². The zero-order chi connectivity index (χ0) is 18.8. The number of aromatic carboxylic acids is 1. The number of carbonyl (C=O) groups is 3. The Morgan fingerprint density at radius 2 is 2.00 bits per heavy atom. The van der Waals surface area contributed by atoms with Crippen molar-refractivity contribution in [3.8, 4) is 0 Å². The summed E-state index contributed by atoms with van der Waals surface area (Å²) in [7, 11) is 0. The first-order valence-corrected chi connectivity index (χ1v) is 8.35. The molecule has 2 N–H and O–H groups in total. The molecule has 0 spiro atoms. The van der Waals surface area contributed by atoms with Crippen molar-refractivity contribution in [2.75, 3.05) is 11.4 Å². The predicted octanol–water partition coefficient (Wildman–Crippen LogP) is 2.26. The predicted molar refractivity (Wildman–Crippen MR) is 93.9 cm³/mol. The maximum absolute atomic E-state index is 12.6. The van der Waals surface area contributed by atoms with E-state index in [4.69, 9.17) is 9.52 Å². The lowest BCUT2D eigenvalue weighted by atomic mass is 10.1. The minimum atomic E-state index is -1.17. The lowest BCUT2D eigenvalue weighted by Crippen LogP contribution is -2.36. The SMILES string of the molecule is Cc1ccc(N2CCC(C(=O)NCc3ccc(C(=O)O)o3)C2=O)cc1C. The molecule has 2 amide bonds. The fraction of sp³-hybridized carbons (Fsp3) is 0.316. The Hall–Kier alpha value is -3.09. The van der Waals surface area contributed by atoms with E-state index in [1.165, 1.54) is 12.1 Å². The fourth-order valence-corrected chi connectivity index (χ4v) is 2.96. The largest absolute Gasteiger partial charge is 0.475 e. The van der Waals surface area contributed by atoms with Gasteiger partial charge in [0.2, 0.25) is 17.6 Å². The summed E-state index contributed by atoms with van der Waals surface area (Å²) < 4.78 is 5.09. The van der Waals surface area contributed by atoms with Crippen molar-refractivity contribution in [2.45, 2.75) is 26.8 Å². The second-order valence-corrected chi connectivity index (χ2v) is 6.39. The minimum absolute atomic E-state index is 0.0412. The Kier molecular flexibility index (Phi) is 4.79. The summed E-state index contributed by atoms with van der Waals surface area (Å²) in [5.74, 6) is -2.38. The molecule has 7 nitrogen and oxygen atoms in total. The quantitative estimate of drug-likeness (QED) is 0.801.